The summed E-state index contributed by atoms with van der Waals surface area (Å²) in [5, 5.41) is 8.59. The van der Waals surface area contributed by atoms with Crippen LogP contribution in [-0.4, -0.2) is 30.5 Å². The van der Waals surface area contributed by atoms with Gasteiger partial charge in [0.2, 0.25) is 15.9 Å². The summed E-state index contributed by atoms with van der Waals surface area (Å²) < 4.78 is 26.4. The second kappa shape index (κ2) is 8.00. The summed E-state index contributed by atoms with van der Waals surface area (Å²) in [6.07, 6.45) is 1.79. The van der Waals surface area contributed by atoms with Crippen molar-refractivity contribution in [2.24, 2.45) is 0 Å². The van der Waals surface area contributed by atoms with Crippen molar-refractivity contribution in [1.29, 1.82) is 5.26 Å². The Hall–Kier alpha value is -4.03. The van der Waals surface area contributed by atoms with E-state index in [0.717, 1.165) is 16.8 Å². The number of pyridine rings is 1. The van der Waals surface area contributed by atoms with E-state index in [4.69, 9.17) is 5.26 Å². The number of benzene rings is 2. The van der Waals surface area contributed by atoms with Crippen molar-refractivity contribution in [1.82, 2.24) is 9.71 Å². The number of nitriles is 1. The summed E-state index contributed by atoms with van der Waals surface area (Å²) in [6, 6.07) is 22.0. The predicted octanol–water partition coefficient (Wildman–Crippen LogP) is 3.15. The van der Waals surface area contributed by atoms with Gasteiger partial charge in [0, 0.05) is 11.6 Å². The van der Waals surface area contributed by atoms with Gasteiger partial charge in [0.1, 0.15) is 5.69 Å². The molecule has 2 aromatic carbocycles. The molecular weight excluding hydrogens is 476 g/mol. The van der Waals surface area contributed by atoms with Gasteiger partial charge in [-0.2, -0.15) is 5.26 Å². The highest BCUT2D eigenvalue weighted by Gasteiger charge is 2.67. The molecule has 0 bridgehead atoms. The number of amides is 2. The highest BCUT2D eigenvalue weighted by molar-refractivity contribution is 7.91. The van der Waals surface area contributed by atoms with Gasteiger partial charge in [-0.05, 0) is 60.7 Å². The zero-order chi connectivity index (χ0) is 25.1. The van der Waals surface area contributed by atoms with Crippen LogP contribution >= 0.6 is 0 Å². The lowest BCUT2D eigenvalue weighted by atomic mass is 9.92. The Morgan fingerprint density at radius 2 is 1.83 bits per heavy atom. The SMILES string of the molecule is N#Cc1ccc(C2CC23C(=O)N(Cc2cccc(C(=O)NS(=O)(=O)C4CC4)n2)c2ccccc23)cc1. The molecule has 1 aromatic heterocycles. The zero-order valence-corrected chi connectivity index (χ0v) is 20.0. The molecule has 2 aliphatic carbocycles. The summed E-state index contributed by atoms with van der Waals surface area (Å²) in [4.78, 5) is 32.5. The third-order valence-electron chi connectivity index (χ3n) is 7.26. The number of sulfonamides is 1. The fourth-order valence-corrected chi connectivity index (χ4v) is 6.48. The van der Waals surface area contributed by atoms with E-state index in [1.165, 1.54) is 6.07 Å². The van der Waals surface area contributed by atoms with E-state index in [9.17, 15) is 18.0 Å². The molecule has 0 saturated heterocycles. The number of carbonyl (C=O) groups excluding carboxylic acids is 2. The first kappa shape index (κ1) is 22.4. The normalized spacial score (nSPS) is 22.2. The van der Waals surface area contributed by atoms with E-state index in [2.05, 4.69) is 15.8 Å². The van der Waals surface area contributed by atoms with Crippen molar-refractivity contribution in [3.63, 3.8) is 0 Å². The fraction of sp³-hybridized carbons (Fsp3) is 0.259. The number of anilines is 1. The average Bonchev–Trinajstić information content (AvgIpc) is 3.80. The topological polar surface area (TPSA) is 120 Å². The van der Waals surface area contributed by atoms with Gasteiger partial charge in [0.25, 0.3) is 5.91 Å². The van der Waals surface area contributed by atoms with E-state index in [1.54, 1.807) is 29.2 Å². The van der Waals surface area contributed by atoms with Crippen LogP contribution in [0.2, 0.25) is 0 Å². The number of aromatic nitrogens is 1. The number of nitrogens with zero attached hydrogens (tertiary/aromatic N) is 3. The predicted molar refractivity (Wildman–Crippen MR) is 131 cm³/mol. The third-order valence-corrected chi connectivity index (χ3v) is 9.08. The Labute approximate surface area is 208 Å². The molecule has 8 nitrogen and oxygen atoms in total. The molecule has 2 heterocycles. The van der Waals surface area contributed by atoms with E-state index < -0.39 is 26.6 Å². The molecule has 3 aromatic rings. The zero-order valence-electron chi connectivity index (χ0n) is 19.2. The lowest BCUT2D eigenvalue weighted by molar-refractivity contribution is -0.120. The molecule has 2 amide bonds. The number of rotatable bonds is 6. The lowest BCUT2D eigenvalue weighted by Crippen LogP contribution is -2.34. The molecule has 0 radical (unpaired) electrons. The van der Waals surface area contributed by atoms with Crippen LogP contribution in [0.3, 0.4) is 0 Å². The van der Waals surface area contributed by atoms with Crippen molar-refractivity contribution >= 4 is 27.5 Å². The molecule has 1 N–H and O–H groups in total. The van der Waals surface area contributed by atoms with Crippen LogP contribution in [0.15, 0.2) is 66.7 Å². The van der Waals surface area contributed by atoms with Crippen molar-refractivity contribution < 1.29 is 18.0 Å². The van der Waals surface area contributed by atoms with Crippen molar-refractivity contribution in [2.45, 2.75) is 42.4 Å². The summed E-state index contributed by atoms with van der Waals surface area (Å²) in [6.45, 7) is 0.161. The monoisotopic (exact) mass is 498 g/mol. The minimum Gasteiger partial charge on any atom is -0.305 e. The Balaban J connectivity index is 1.27. The van der Waals surface area contributed by atoms with Crippen LogP contribution in [0.4, 0.5) is 5.69 Å². The quantitative estimate of drug-likeness (QED) is 0.558. The number of carbonyl (C=O) groups is 2. The highest BCUT2D eigenvalue weighted by atomic mass is 32.2. The molecule has 1 spiro atoms. The number of hydrogen-bond donors (Lipinski definition) is 1. The van der Waals surface area contributed by atoms with Gasteiger partial charge in [-0.15, -0.1) is 0 Å². The maximum atomic E-state index is 13.8. The first-order valence-corrected chi connectivity index (χ1v) is 13.3. The van der Waals surface area contributed by atoms with Crippen molar-refractivity contribution in [2.75, 3.05) is 4.90 Å². The Morgan fingerprint density at radius 1 is 1.08 bits per heavy atom. The van der Waals surface area contributed by atoms with Gasteiger partial charge >= 0.3 is 0 Å². The standard InChI is InChI=1S/C27H22N4O4S/c28-15-17-8-10-18(11-9-17)22-14-27(22)21-5-1-2-7-24(21)31(26(27)33)16-19-4-3-6-23(29-19)25(32)30-36(34,35)20-12-13-20/h1-11,20,22H,12-14,16H2,(H,30,32). The summed E-state index contributed by atoms with van der Waals surface area (Å²) in [7, 11) is -3.68. The molecule has 2 fully saturated rings. The minimum atomic E-state index is -3.68. The smallest absolute Gasteiger partial charge is 0.283 e. The van der Waals surface area contributed by atoms with Crippen LogP contribution in [0.1, 0.15) is 58.1 Å². The summed E-state index contributed by atoms with van der Waals surface area (Å²) >= 11 is 0. The second-order valence-corrected chi connectivity index (χ2v) is 11.5. The van der Waals surface area contributed by atoms with Gasteiger partial charge in [0.15, 0.2) is 0 Å². The molecule has 2 atom stereocenters. The molecule has 6 rings (SSSR count). The Bertz CT molecular complexity index is 1560. The largest absolute Gasteiger partial charge is 0.305 e. The first-order chi connectivity index (χ1) is 17.3. The van der Waals surface area contributed by atoms with Crippen LogP contribution < -0.4 is 9.62 Å². The molecule has 1 aliphatic heterocycles. The van der Waals surface area contributed by atoms with E-state index in [0.29, 0.717) is 30.5 Å². The van der Waals surface area contributed by atoms with Gasteiger partial charge in [-0.1, -0.05) is 36.4 Å². The van der Waals surface area contributed by atoms with E-state index >= 15 is 0 Å². The molecular formula is C27H22N4O4S. The molecule has 2 unspecified atom stereocenters. The van der Waals surface area contributed by atoms with Gasteiger partial charge in [-0.25, -0.2) is 18.1 Å². The minimum absolute atomic E-state index is 0.00625. The fourth-order valence-electron chi connectivity index (χ4n) is 5.20. The van der Waals surface area contributed by atoms with Crippen molar-refractivity contribution in [3.8, 4) is 6.07 Å². The van der Waals surface area contributed by atoms with Crippen LogP contribution in [0.5, 0.6) is 0 Å². The summed E-state index contributed by atoms with van der Waals surface area (Å²) in [5.74, 6) is -0.774. The van der Waals surface area contributed by atoms with Crippen molar-refractivity contribution in [3.05, 3.63) is 94.8 Å². The Kier molecular flexibility index (Phi) is 4.99. The maximum absolute atomic E-state index is 13.8. The van der Waals surface area contributed by atoms with E-state index in [1.807, 2.05) is 36.4 Å². The lowest BCUT2D eigenvalue weighted by Gasteiger charge is -2.18. The number of fused-ring (bicyclic) bond motifs is 2. The second-order valence-electron chi connectivity index (χ2n) is 9.56. The number of hydrogen-bond acceptors (Lipinski definition) is 6. The van der Waals surface area contributed by atoms with Crippen LogP contribution in [-0.2, 0) is 26.8 Å². The van der Waals surface area contributed by atoms with Crippen LogP contribution in [0, 0.1) is 11.3 Å². The van der Waals surface area contributed by atoms with Crippen LogP contribution in [0.25, 0.3) is 0 Å². The first-order valence-electron chi connectivity index (χ1n) is 11.8. The van der Waals surface area contributed by atoms with Gasteiger partial charge in [-0.3, -0.25) is 9.59 Å². The third kappa shape index (κ3) is 3.57. The highest BCUT2D eigenvalue weighted by Crippen LogP contribution is 2.66. The van der Waals surface area contributed by atoms with E-state index in [-0.39, 0.29) is 24.1 Å². The average molecular weight is 499 g/mol. The number of nitrogens with one attached hydrogen (secondary N) is 1. The maximum Gasteiger partial charge on any atom is 0.283 e. The van der Waals surface area contributed by atoms with Gasteiger partial charge < -0.3 is 4.90 Å². The number of para-hydroxylation sites is 1. The molecule has 9 heteroatoms. The van der Waals surface area contributed by atoms with Gasteiger partial charge in [0.05, 0.1) is 34.5 Å². The molecule has 2 saturated carbocycles. The Morgan fingerprint density at radius 3 is 2.56 bits per heavy atom. The molecule has 180 valence electrons. The summed E-state index contributed by atoms with van der Waals surface area (Å²) in [5.41, 5.74) is 3.20. The molecule has 36 heavy (non-hydrogen) atoms. The molecule has 3 aliphatic rings.